The first kappa shape index (κ1) is 13.3. The summed E-state index contributed by atoms with van der Waals surface area (Å²) in [5.41, 5.74) is 0.983. The van der Waals surface area contributed by atoms with E-state index in [-0.39, 0.29) is 11.7 Å². The molecule has 0 fully saturated rings. The van der Waals surface area contributed by atoms with Crippen molar-refractivity contribution < 1.29 is 8.42 Å². The van der Waals surface area contributed by atoms with Gasteiger partial charge < -0.3 is 0 Å². The minimum atomic E-state index is -3.36. The number of pyridine rings is 1. The summed E-state index contributed by atoms with van der Waals surface area (Å²) in [6.45, 7) is 3.68. The van der Waals surface area contributed by atoms with Gasteiger partial charge in [-0.2, -0.15) is 0 Å². The summed E-state index contributed by atoms with van der Waals surface area (Å²) in [6, 6.07) is 3.44. The van der Waals surface area contributed by atoms with Crippen LogP contribution in [0.5, 0.6) is 0 Å². The lowest BCUT2D eigenvalue weighted by Crippen LogP contribution is -2.22. The molecule has 0 amide bonds. The third kappa shape index (κ3) is 4.37. The number of aryl methyl sites for hydroxylation is 1. The van der Waals surface area contributed by atoms with Crippen LogP contribution in [-0.2, 0) is 10.0 Å². The van der Waals surface area contributed by atoms with Crippen LogP contribution >= 0.6 is 11.6 Å². The second-order valence-electron chi connectivity index (χ2n) is 3.86. The quantitative estimate of drug-likeness (QED) is 0.826. The molecule has 0 spiro atoms. The Morgan fingerprint density at radius 1 is 1.50 bits per heavy atom. The average Bonchev–Trinajstić information content (AvgIpc) is 2.20. The van der Waals surface area contributed by atoms with Gasteiger partial charge in [0.2, 0.25) is 10.0 Å². The number of nitrogens with zero attached hydrogens (tertiary/aromatic N) is 1. The van der Waals surface area contributed by atoms with Gasteiger partial charge in [0, 0.05) is 12.1 Å². The second-order valence-corrected chi connectivity index (χ2v) is 5.94. The van der Waals surface area contributed by atoms with Crippen LogP contribution < -0.4 is 4.72 Å². The van der Waals surface area contributed by atoms with Crippen molar-refractivity contribution in [1.29, 1.82) is 0 Å². The Labute approximate surface area is 101 Å². The molecule has 1 aromatic rings. The predicted molar refractivity (Wildman–Crippen MR) is 66.3 cm³/mol. The van der Waals surface area contributed by atoms with E-state index in [1.54, 1.807) is 25.3 Å². The zero-order valence-electron chi connectivity index (χ0n) is 9.27. The molecule has 0 aliphatic carbocycles. The summed E-state index contributed by atoms with van der Waals surface area (Å²) < 4.78 is 25.7. The fourth-order valence-electron chi connectivity index (χ4n) is 1.15. The molecule has 0 aliphatic rings. The molecular formula is C10H15ClN2O2S. The van der Waals surface area contributed by atoms with E-state index in [4.69, 9.17) is 11.6 Å². The lowest BCUT2D eigenvalue weighted by Gasteiger charge is -2.10. The summed E-state index contributed by atoms with van der Waals surface area (Å²) in [4.78, 5) is 3.97. The molecular weight excluding hydrogens is 248 g/mol. The van der Waals surface area contributed by atoms with Gasteiger partial charge >= 0.3 is 0 Å². The van der Waals surface area contributed by atoms with Gasteiger partial charge in [0.1, 0.15) is 5.82 Å². The predicted octanol–water partition coefficient (Wildman–Crippen LogP) is 2.01. The average molecular weight is 263 g/mol. The maximum Gasteiger partial charge on any atom is 0.234 e. The molecule has 1 aromatic heterocycles. The largest absolute Gasteiger partial charge is 0.267 e. The van der Waals surface area contributed by atoms with Crippen molar-refractivity contribution in [3.8, 4) is 0 Å². The zero-order chi connectivity index (χ0) is 12.2. The second kappa shape index (κ2) is 5.50. The number of alkyl halides is 1. The fourth-order valence-corrected chi connectivity index (χ4v) is 2.78. The number of sulfonamides is 1. The van der Waals surface area contributed by atoms with Gasteiger partial charge in [0.25, 0.3) is 0 Å². The molecule has 0 aromatic carbocycles. The van der Waals surface area contributed by atoms with Gasteiger partial charge in [0.05, 0.1) is 5.75 Å². The minimum Gasteiger partial charge on any atom is -0.267 e. The number of halogens is 1. The van der Waals surface area contributed by atoms with Gasteiger partial charge in [-0.25, -0.2) is 13.4 Å². The van der Waals surface area contributed by atoms with Crippen LogP contribution in [0.25, 0.3) is 0 Å². The van der Waals surface area contributed by atoms with Crippen LogP contribution in [0.1, 0.15) is 12.5 Å². The first-order valence-electron chi connectivity index (χ1n) is 4.92. The van der Waals surface area contributed by atoms with E-state index in [0.717, 1.165) is 5.56 Å². The molecule has 0 bridgehead atoms. The molecule has 0 saturated heterocycles. The third-order valence-corrected chi connectivity index (χ3v) is 3.99. The van der Waals surface area contributed by atoms with Gasteiger partial charge in [-0.05, 0) is 24.5 Å². The monoisotopic (exact) mass is 262 g/mol. The molecule has 0 saturated carbocycles. The Bertz CT molecular complexity index is 431. The van der Waals surface area contributed by atoms with E-state index in [1.165, 1.54) is 0 Å². The molecule has 0 aliphatic heterocycles. The van der Waals surface area contributed by atoms with Crippen molar-refractivity contribution in [1.82, 2.24) is 4.98 Å². The smallest absolute Gasteiger partial charge is 0.234 e. The van der Waals surface area contributed by atoms with Crippen molar-refractivity contribution in [3.63, 3.8) is 0 Å². The molecule has 6 heteroatoms. The summed E-state index contributed by atoms with van der Waals surface area (Å²) in [5, 5.41) is 0. The van der Waals surface area contributed by atoms with Gasteiger partial charge in [0.15, 0.2) is 0 Å². The molecule has 1 heterocycles. The Hall–Kier alpha value is -0.810. The van der Waals surface area contributed by atoms with E-state index in [9.17, 15) is 8.42 Å². The molecule has 0 radical (unpaired) electrons. The molecule has 1 unspecified atom stereocenters. The number of anilines is 1. The van der Waals surface area contributed by atoms with Crippen molar-refractivity contribution in [2.45, 2.75) is 13.8 Å². The highest BCUT2D eigenvalue weighted by atomic mass is 35.5. The van der Waals surface area contributed by atoms with E-state index in [1.807, 2.05) is 6.92 Å². The summed E-state index contributed by atoms with van der Waals surface area (Å²) in [6.07, 6.45) is 1.61. The van der Waals surface area contributed by atoms with Crippen molar-refractivity contribution in [3.05, 3.63) is 23.9 Å². The van der Waals surface area contributed by atoms with Crippen LogP contribution in [0.3, 0.4) is 0 Å². The van der Waals surface area contributed by atoms with Crippen molar-refractivity contribution in [2.75, 3.05) is 16.4 Å². The summed E-state index contributed by atoms with van der Waals surface area (Å²) in [5.74, 6) is 0.589. The number of hydrogen-bond donors (Lipinski definition) is 1. The molecule has 1 rings (SSSR count). The van der Waals surface area contributed by atoms with E-state index >= 15 is 0 Å². The molecule has 1 atom stereocenters. The van der Waals surface area contributed by atoms with Crippen LogP contribution in [0.15, 0.2) is 18.3 Å². The standard InChI is InChI=1S/C10H15ClN2O2S/c1-8-3-4-10(12-6-8)13-16(14,15)7-9(2)5-11/h3-4,6,9H,5,7H2,1-2H3,(H,12,13). The first-order chi connectivity index (χ1) is 7.43. The number of rotatable bonds is 5. The summed E-state index contributed by atoms with van der Waals surface area (Å²) >= 11 is 5.57. The maximum absolute atomic E-state index is 11.6. The topological polar surface area (TPSA) is 59.1 Å². The minimum absolute atomic E-state index is 0.00601. The molecule has 1 N–H and O–H groups in total. The van der Waals surface area contributed by atoms with E-state index < -0.39 is 10.0 Å². The van der Waals surface area contributed by atoms with Gasteiger partial charge in [-0.3, -0.25) is 4.72 Å². The lowest BCUT2D eigenvalue weighted by atomic mass is 10.3. The molecule has 4 nitrogen and oxygen atoms in total. The zero-order valence-corrected chi connectivity index (χ0v) is 10.8. The Kier molecular flexibility index (Phi) is 4.56. The van der Waals surface area contributed by atoms with Gasteiger partial charge in [-0.1, -0.05) is 13.0 Å². The third-order valence-electron chi connectivity index (χ3n) is 1.94. The van der Waals surface area contributed by atoms with Crippen LogP contribution in [0, 0.1) is 12.8 Å². The highest BCUT2D eigenvalue weighted by Crippen LogP contribution is 2.09. The number of aromatic nitrogens is 1. The first-order valence-corrected chi connectivity index (χ1v) is 7.11. The highest BCUT2D eigenvalue weighted by Gasteiger charge is 2.15. The molecule has 90 valence electrons. The highest BCUT2D eigenvalue weighted by molar-refractivity contribution is 7.92. The lowest BCUT2D eigenvalue weighted by molar-refractivity contribution is 0.588. The normalized spacial score (nSPS) is 13.4. The van der Waals surface area contributed by atoms with Crippen LogP contribution in [0.2, 0.25) is 0 Å². The van der Waals surface area contributed by atoms with Crippen molar-refractivity contribution in [2.24, 2.45) is 5.92 Å². The maximum atomic E-state index is 11.6. The van der Waals surface area contributed by atoms with Gasteiger partial charge in [-0.15, -0.1) is 11.6 Å². The number of hydrogen-bond acceptors (Lipinski definition) is 3. The van der Waals surface area contributed by atoms with Crippen molar-refractivity contribution >= 4 is 27.4 Å². The summed E-state index contributed by atoms with van der Waals surface area (Å²) in [7, 11) is -3.36. The Morgan fingerprint density at radius 2 is 2.19 bits per heavy atom. The SMILES string of the molecule is Cc1ccc(NS(=O)(=O)CC(C)CCl)nc1. The Morgan fingerprint density at radius 3 is 2.69 bits per heavy atom. The van der Waals surface area contributed by atoms with E-state index in [0.29, 0.717) is 11.7 Å². The number of nitrogens with one attached hydrogen (secondary N) is 1. The van der Waals surface area contributed by atoms with Crippen LogP contribution in [0.4, 0.5) is 5.82 Å². The Balaban J connectivity index is 2.69. The molecule has 16 heavy (non-hydrogen) atoms. The van der Waals surface area contributed by atoms with E-state index in [2.05, 4.69) is 9.71 Å². The van der Waals surface area contributed by atoms with Crippen LogP contribution in [-0.4, -0.2) is 25.0 Å². The fraction of sp³-hybridized carbons (Fsp3) is 0.500.